The summed E-state index contributed by atoms with van der Waals surface area (Å²) in [7, 11) is 2.24. The van der Waals surface area contributed by atoms with Crippen molar-refractivity contribution in [2.45, 2.75) is 105 Å². The van der Waals surface area contributed by atoms with E-state index in [2.05, 4.69) is 110 Å². The summed E-state index contributed by atoms with van der Waals surface area (Å²) in [5.74, 6) is 2.58. The molecule has 4 N–H and O–H groups in total. The molecule has 7 rings (SSSR count). The number of likely N-dealkylation sites (tertiary alicyclic amines) is 1. The number of methoxy groups -OCH3 is 1. The van der Waals surface area contributed by atoms with Crippen LogP contribution in [0.2, 0.25) is 0 Å². The standard InChI is InChI=1S/C34H44N6O2S.C6H13NO.C5H10.C2H4O.CH3F/c1-7-39-31-13-12-25(30-20-43-32(38-30)19-29(36-21-41)23(4)40-16-9-8-15-37-40)18-27(31)28(17-22(2)3)34(39)26-11-10-14-35-33(26)24(5)42-6;8-6-5-7-3-1-2-4-7;1-4-3-5(4)2;1-2-3;1-2/h10-14,18,20-22,24,29,37H,4,7-9,15-17,19H2,1-3,5-6H3,(H,36,41);8H,1-6H2;4-5H,3H2,1-2H3;2-3H,1H2;1H3. The first-order chi connectivity index (χ1) is 29.5. The highest BCUT2D eigenvalue weighted by atomic mass is 32.1. The number of ether oxygens (including phenoxy) is 1. The molecule has 3 fully saturated rings. The number of alkyl halides is 1. The summed E-state index contributed by atoms with van der Waals surface area (Å²) in [6.45, 7) is 26.9. The number of pyridine rings is 1. The van der Waals surface area contributed by atoms with Crippen molar-refractivity contribution in [3.05, 3.63) is 83.3 Å². The van der Waals surface area contributed by atoms with Gasteiger partial charge in [-0.3, -0.25) is 14.2 Å². The van der Waals surface area contributed by atoms with Gasteiger partial charge >= 0.3 is 0 Å². The molecule has 3 aromatic heterocycles. The Morgan fingerprint density at radius 2 is 1.77 bits per heavy atom. The first-order valence-corrected chi connectivity index (χ1v) is 22.8. The van der Waals surface area contributed by atoms with Crippen LogP contribution in [0.5, 0.6) is 0 Å². The maximum absolute atomic E-state index is 11.5. The Labute approximate surface area is 369 Å². The largest absolute Gasteiger partial charge is 0.516 e. The van der Waals surface area contributed by atoms with Gasteiger partial charge in [-0.05, 0) is 113 Å². The third-order valence-corrected chi connectivity index (χ3v) is 12.3. The minimum absolute atomic E-state index is 0.116. The van der Waals surface area contributed by atoms with E-state index < -0.39 is 0 Å². The lowest BCUT2D eigenvalue weighted by Gasteiger charge is -2.34. The molecule has 13 heteroatoms. The third kappa shape index (κ3) is 15.0. The van der Waals surface area contributed by atoms with Crippen LogP contribution in [0.4, 0.5) is 4.39 Å². The van der Waals surface area contributed by atoms with E-state index in [1.54, 1.807) is 18.4 Å². The van der Waals surface area contributed by atoms with Crippen molar-refractivity contribution in [2.24, 2.45) is 17.8 Å². The molecule has 2 aliphatic heterocycles. The van der Waals surface area contributed by atoms with Crippen LogP contribution in [-0.2, 0) is 28.9 Å². The van der Waals surface area contributed by atoms with Gasteiger partial charge in [0.05, 0.1) is 54.3 Å². The first-order valence-electron chi connectivity index (χ1n) is 21.9. The van der Waals surface area contributed by atoms with Crippen LogP contribution in [0, 0.1) is 17.8 Å². The van der Waals surface area contributed by atoms with Crippen molar-refractivity contribution in [1.82, 2.24) is 35.2 Å². The maximum Gasteiger partial charge on any atom is 0.207 e. The highest BCUT2D eigenvalue weighted by Gasteiger charge is 2.27. The van der Waals surface area contributed by atoms with E-state index in [1.807, 2.05) is 12.3 Å². The molecule has 0 radical (unpaired) electrons. The number of carbonyl (C=O) groups is 1. The molecule has 1 aliphatic carbocycles. The van der Waals surface area contributed by atoms with E-state index in [0.29, 0.717) is 26.1 Å². The molecular formula is C48H74FN7O4S. The van der Waals surface area contributed by atoms with Crippen LogP contribution in [-0.4, -0.2) is 101 Å². The number of aliphatic hydroxyl groups excluding tert-OH is 2. The lowest BCUT2D eigenvalue weighted by molar-refractivity contribution is -0.110. The monoisotopic (exact) mass is 864 g/mol. The van der Waals surface area contributed by atoms with Gasteiger partial charge in [0.15, 0.2) is 0 Å². The molecule has 3 aliphatic rings. The van der Waals surface area contributed by atoms with Crippen LogP contribution >= 0.6 is 11.3 Å². The summed E-state index contributed by atoms with van der Waals surface area (Å²) in [6, 6.07) is 10.7. The number of hydrogen-bond acceptors (Lipinski definition) is 10. The summed E-state index contributed by atoms with van der Waals surface area (Å²) < 4.78 is 17.6. The van der Waals surface area contributed by atoms with Crippen LogP contribution in [0.1, 0.15) is 96.0 Å². The predicted octanol–water partition coefficient (Wildman–Crippen LogP) is 9.53. The van der Waals surface area contributed by atoms with Crippen molar-refractivity contribution in [3.63, 3.8) is 0 Å². The highest BCUT2D eigenvalue weighted by Crippen LogP contribution is 2.40. The average molecular weight is 864 g/mol. The lowest BCUT2D eigenvalue weighted by Crippen LogP contribution is -2.48. The van der Waals surface area contributed by atoms with Gasteiger partial charge in [0.1, 0.15) is 0 Å². The van der Waals surface area contributed by atoms with Gasteiger partial charge in [-0.15, -0.1) is 11.3 Å². The van der Waals surface area contributed by atoms with E-state index in [9.17, 15) is 9.18 Å². The number of aromatic nitrogens is 3. The fourth-order valence-corrected chi connectivity index (χ4v) is 8.58. The maximum atomic E-state index is 11.5. The van der Waals surface area contributed by atoms with Gasteiger partial charge in [-0.25, -0.2) is 10.4 Å². The van der Waals surface area contributed by atoms with Gasteiger partial charge in [-0.1, -0.05) is 46.9 Å². The molecule has 1 saturated carbocycles. The van der Waals surface area contributed by atoms with Gasteiger partial charge in [0.2, 0.25) is 6.41 Å². The predicted molar refractivity (Wildman–Crippen MR) is 251 cm³/mol. The van der Waals surface area contributed by atoms with Crippen LogP contribution in [0.3, 0.4) is 0 Å². The number of hydrogen-bond donors (Lipinski definition) is 4. The highest BCUT2D eigenvalue weighted by molar-refractivity contribution is 7.10. The van der Waals surface area contributed by atoms with Gasteiger partial charge < -0.3 is 34.7 Å². The molecule has 4 aromatic rings. The number of rotatable bonds is 15. The molecular weight excluding hydrogens is 790 g/mol. The molecule has 11 nitrogen and oxygen atoms in total. The van der Waals surface area contributed by atoms with Crippen LogP contribution < -0.4 is 10.7 Å². The van der Waals surface area contributed by atoms with Crippen molar-refractivity contribution >= 4 is 28.6 Å². The Morgan fingerprint density at radius 1 is 1.10 bits per heavy atom. The van der Waals surface area contributed by atoms with Crippen molar-refractivity contribution < 1.29 is 24.1 Å². The third-order valence-electron chi connectivity index (χ3n) is 11.4. The Bertz CT molecular complexity index is 1900. The Balaban J connectivity index is 0.000000457. The number of benzene rings is 1. The number of thiazole rings is 1. The van der Waals surface area contributed by atoms with E-state index in [1.165, 1.54) is 54.5 Å². The zero-order valence-corrected chi connectivity index (χ0v) is 38.9. The van der Waals surface area contributed by atoms with E-state index >= 15 is 0 Å². The second-order valence-corrected chi connectivity index (χ2v) is 17.2. The van der Waals surface area contributed by atoms with Crippen LogP contribution in [0.25, 0.3) is 33.4 Å². The smallest absolute Gasteiger partial charge is 0.207 e. The van der Waals surface area contributed by atoms with E-state index in [-0.39, 0.29) is 12.1 Å². The molecule has 0 bridgehead atoms. The second-order valence-electron chi connectivity index (χ2n) is 16.3. The number of aliphatic hydroxyl groups is 2. The molecule has 5 heterocycles. The molecule has 4 unspecified atom stereocenters. The molecule has 61 heavy (non-hydrogen) atoms. The number of nitrogens with one attached hydrogen (secondary N) is 2. The Kier molecular flexibility index (Phi) is 22.7. The molecule has 2 saturated heterocycles. The summed E-state index contributed by atoms with van der Waals surface area (Å²) in [5.41, 5.74) is 12.2. The van der Waals surface area contributed by atoms with Gasteiger partial charge in [0.25, 0.3) is 0 Å². The number of fused-ring (bicyclic) bond motifs is 1. The number of nitrogens with zero attached hydrogens (tertiary/aromatic N) is 5. The first kappa shape index (κ1) is 51.2. The number of hydrazine groups is 1. The normalized spacial score (nSPS) is 17.9. The number of halogens is 1. The Morgan fingerprint density at radius 3 is 2.33 bits per heavy atom. The SMILES string of the molecule is C=C(C(Cc1nc(-c2ccc3c(c2)c(CC(C)C)c(-c2cccnc2C(C)OC)n3CC)cs1)NC=O)N1CCCCN1.C=CO.CC1CC1C.CF.OCCN1CCCC1. The van der Waals surface area contributed by atoms with Crippen molar-refractivity contribution in [3.8, 4) is 22.5 Å². The summed E-state index contributed by atoms with van der Waals surface area (Å²) >= 11 is 1.63. The van der Waals surface area contributed by atoms with Crippen molar-refractivity contribution in [2.75, 3.05) is 53.6 Å². The summed E-state index contributed by atoms with van der Waals surface area (Å²) in [4.78, 5) is 23.5. The van der Waals surface area contributed by atoms with E-state index in [4.69, 9.17) is 24.9 Å². The topological polar surface area (TPSA) is 128 Å². The number of β-amino-alcohol motifs (C(OH)–C–C–N with tert-alkyl or cyclic N) is 1. The van der Waals surface area contributed by atoms with Crippen molar-refractivity contribution in [1.29, 1.82) is 0 Å². The minimum atomic E-state index is -0.216. The second kappa shape index (κ2) is 27.0. The zero-order valence-electron chi connectivity index (χ0n) is 38.1. The quantitative estimate of drug-likeness (QED) is 0.0683. The number of carbonyl (C=O) groups excluding carboxylic acids is 1. The molecule has 1 amide bonds. The number of aryl methyl sites for hydroxylation is 1. The molecule has 1 aromatic carbocycles. The fraction of sp³-hybridized carbons (Fsp3) is 0.562. The van der Waals surface area contributed by atoms with Gasteiger partial charge in [0, 0.05) is 79.0 Å². The minimum Gasteiger partial charge on any atom is -0.516 e. The summed E-state index contributed by atoms with van der Waals surface area (Å²) in [6.07, 6.45) is 11.2. The molecule has 4 atom stereocenters. The average Bonchev–Trinajstić information content (AvgIpc) is 3.70. The zero-order chi connectivity index (χ0) is 44.9. The lowest BCUT2D eigenvalue weighted by atomic mass is 9.94. The summed E-state index contributed by atoms with van der Waals surface area (Å²) in [5, 5.41) is 25.2. The Hall–Kier alpha value is -4.14. The fourth-order valence-electron chi connectivity index (χ4n) is 7.73. The molecule has 338 valence electrons. The number of amides is 1. The molecule has 0 spiro atoms. The van der Waals surface area contributed by atoms with Gasteiger partial charge in [-0.2, -0.15) is 0 Å². The van der Waals surface area contributed by atoms with E-state index in [0.717, 1.165) is 103 Å². The van der Waals surface area contributed by atoms with Crippen LogP contribution in [0.15, 0.2) is 67.0 Å².